The SMILES string of the molecule is C=CC=C1/C(=C\C(C)NC(=C)CNC(C)=O)OC/C=C(N)\C=C/CC12OCc1ccccc12. The average molecular weight is 448 g/mol. The number of nitrogens with two attached hydrogens (primary N) is 1. The molecule has 33 heavy (non-hydrogen) atoms. The van der Waals surface area contributed by atoms with Crippen molar-refractivity contribution in [3.8, 4) is 0 Å². The molecule has 2 aliphatic rings. The molecule has 6 nitrogen and oxygen atoms in total. The van der Waals surface area contributed by atoms with Gasteiger partial charge in [-0.3, -0.25) is 4.79 Å². The Hall–Kier alpha value is -3.51. The molecular weight excluding hydrogens is 414 g/mol. The fourth-order valence-electron chi connectivity index (χ4n) is 4.10. The van der Waals surface area contributed by atoms with E-state index in [0.29, 0.717) is 43.3 Å². The van der Waals surface area contributed by atoms with E-state index in [2.05, 4.69) is 35.9 Å². The number of carbonyl (C=O) groups is 1. The second kappa shape index (κ2) is 10.9. The van der Waals surface area contributed by atoms with Gasteiger partial charge in [0, 0.05) is 36.4 Å². The first-order chi connectivity index (χ1) is 15.9. The van der Waals surface area contributed by atoms with Crippen LogP contribution in [0.4, 0.5) is 0 Å². The summed E-state index contributed by atoms with van der Waals surface area (Å²) >= 11 is 0. The van der Waals surface area contributed by atoms with Gasteiger partial charge in [-0.1, -0.05) is 55.7 Å². The number of hydrogen-bond acceptors (Lipinski definition) is 5. The molecule has 1 aromatic carbocycles. The fraction of sp³-hybridized carbons (Fsp3) is 0.296. The van der Waals surface area contributed by atoms with E-state index in [-0.39, 0.29) is 11.9 Å². The minimum Gasteiger partial charge on any atom is -0.489 e. The number of ether oxygens (including phenoxy) is 2. The van der Waals surface area contributed by atoms with Crippen molar-refractivity contribution in [1.29, 1.82) is 0 Å². The Kier molecular flexibility index (Phi) is 7.96. The second-order valence-corrected chi connectivity index (χ2v) is 8.19. The third kappa shape index (κ3) is 5.84. The lowest BCUT2D eigenvalue weighted by atomic mass is 9.80. The third-order valence-corrected chi connectivity index (χ3v) is 5.57. The Labute approximate surface area is 196 Å². The molecule has 2 aliphatic heterocycles. The highest BCUT2D eigenvalue weighted by atomic mass is 16.5. The molecule has 2 heterocycles. The van der Waals surface area contributed by atoms with Gasteiger partial charge in [0.05, 0.1) is 13.2 Å². The molecule has 6 heteroatoms. The predicted molar refractivity (Wildman–Crippen MR) is 132 cm³/mol. The van der Waals surface area contributed by atoms with E-state index in [1.165, 1.54) is 6.92 Å². The molecule has 2 atom stereocenters. The highest BCUT2D eigenvalue weighted by Crippen LogP contribution is 2.48. The second-order valence-electron chi connectivity index (χ2n) is 8.19. The highest BCUT2D eigenvalue weighted by molar-refractivity contribution is 5.73. The van der Waals surface area contributed by atoms with Gasteiger partial charge in [-0.05, 0) is 36.3 Å². The van der Waals surface area contributed by atoms with E-state index in [4.69, 9.17) is 15.2 Å². The van der Waals surface area contributed by atoms with E-state index in [1.54, 1.807) is 6.08 Å². The average Bonchev–Trinajstić information content (AvgIpc) is 3.14. The monoisotopic (exact) mass is 447 g/mol. The maximum atomic E-state index is 11.2. The van der Waals surface area contributed by atoms with Crippen LogP contribution in [-0.2, 0) is 26.5 Å². The van der Waals surface area contributed by atoms with E-state index in [9.17, 15) is 4.79 Å². The van der Waals surface area contributed by atoms with Crippen LogP contribution in [0, 0.1) is 0 Å². The lowest BCUT2D eigenvalue weighted by molar-refractivity contribution is -0.118. The molecule has 0 radical (unpaired) electrons. The van der Waals surface area contributed by atoms with Crippen LogP contribution in [0.3, 0.4) is 0 Å². The standard InChI is InChI=1S/C27H33N3O3/c1-5-9-25-26(16-19(2)30-20(3)17-29-21(4)31)32-15-13-23(28)11-8-14-27(25)24-12-7-6-10-22(24)18-33-27/h5-13,16,19,30H,1,3,14-15,17-18,28H2,2,4H3,(H,29,31)/b11-8-,23-13+,25-9?,26-16+. The first-order valence-electron chi connectivity index (χ1n) is 11.1. The quantitative estimate of drug-likeness (QED) is 0.617. The van der Waals surface area contributed by atoms with Crippen molar-refractivity contribution in [1.82, 2.24) is 10.6 Å². The Balaban J connectivity index is 2.02. The van der Waals surface area contributed by atoms with Gasteiger partial charge in [-0.2, -0.15) is 0 Å². The zero-order valence-corrected chi connectivity index (χ0v) is 19.4. The van der Waals surface area contributed by atoms with Crippen molar-refractivity contribution >= 4 is 5.91 Å². The summed E-state index contributed by atoms with van der Waals surface area (Å²) in [7, 11) is 0. The Morgan fingerprint density at radius 1 is 1.36 bits per heavy atom. The summed E-state index contributed by atoms with van der Waals surface area (Å²) in [6.45, 7) is 12.6. The Morgan fingerprint density at radius 2 is 2.15 bits per heavy atom. The number of amides is 1. The molecule has 3 rings (SSSR count). The summed E-state index contributed by atoms with van der Waals surface area (Å²) in [5, 5.41) is 6.05. The van der Waals surface area contributed by atoms with E-state index in [0.717, 1.165) is 16.7 Å². The number of fused-ring (bicyclic) bond motifs is 2. The summed E-state index contributed by atoms with van der Waals surface area (Å²) in [4.78, 5) is 11.2. The summed E-state index contributed by atoms with van der Waals surface area (Å²) < 4.78 is 12.7. The van der Waals surface area contributed by atoms with Crippen molar-refractivity contribution in [2.24, 2.45) is 5.73 Å². The van der Waals surface area contributed by atoms with Crippen LogP contribution in [0.1, 0.15) is 31.4 Å². The molecule has 0 aromatic heterocycles. The van der Waals surface area contributed by atoms with Crippen molar-refractivity contribution in [2.45, 2.75) is 38.5 Å². The number of nitrogens with one attached hydrogen (secondary N) is 2. The van der Waals surface area contributed by atoms with Gasteiger partial charge in [0.1, 0.15) is 18.0 Å². The van der Waals surface area contributed by atoms with Gasteiger partial charge in [-0.25, -0.2) is 0 Å². The summed E-state index contributed by atoms with van der Waals surface area (Å²) in [6, 6.07) is 8.12. The van der Waals surface area contributed by atoms with Crippen molar-refractivity contribution in [2.75, 3.05) is 13.2 Å². The van der Waals surface area contributed by atoms with Crippen molar-refractivity contribution < 1.29 is 14.3 Å². The molecule has 1 spiro atoms. The van der Waals surface area contributed by atoms with Crippen LogP contribution in [-0.4, -0.2) is 25.1 Å². The highest BCUT2D eigenvalue weighted by Gasteiger charge is 2.44. The third-order valence-electron chi connectivity index (χ3n) is 5.57. The van der Waals surface area contributed by atoms with Gasteiger partial charge in [0.2, 0.25) is 5.91 Å². The molecule has 2 unspecified atom stereocenters. The van der Waals surface area contributed by atoms with Crippen LogP contribution in [0.15, 0.2) is 96.6 Å². The van der Waals surface area contributed by atoms with Gasteiger partial charge in [0.15, 0.2) is 0 Å². The van der Waals surface area contributed by atoms with Crippen LogP contribution >= 0.6 is 0 Å². The number of carbonyl (C=O) groups excluding carboxylic acids is 1. The van der Waals surface area contributed by atoms with E-state index < -0.39 is 5.60 Å². The number of hydrogen-bond donors (Lipinski definition) is 3. The zero-order valence-electron chi connectivity index (χ0n) is 19.4. The molecule has 0 fully saturated rings. The molecule has 0 aliphatic carbocycles. The molecule has 0 saturated carbocycles. The lowest BCUT2D eigenvalue weighted by Crippen LogP contribution is -2.33. The molecule has 4 N–H and O–H groups in total. The van der Waals surface area contributed by atoms with Crippen molar-refractivity contribution in [3.05, 3.63) is 108 Å². The Morgan fingerprint density at radius 3 is 2.91 bits per heavy atom. The minimum absolute atomic E-state index is 0.104. The predicted octanol–water partition coefficient (Wildman–Crippen LogP) is 3.86. The van der Waals surface area contributed by atoms with Gasteiger partial charge < -0.3 is 25.8 Å². The molecule has 1 aromatic rings. The molecule has 174 valence electrons. The molecule has 1 amide bonds. The zero-order chi connectivity index (χ0) is 23.8. The molecular formula is C27H33N3O3. The normalized spacial score (nSPS) is 25.9. The number of rotatable bonds is 6. The molecule has 0 bridgehead atoms. The van der Waals surface area contributed by atoms with Gasteiger partial charge in [-0.15, -0.1) is 0 Å². The summed E-state index contributed by atoms with van der Waals surface area (Å²) in [5.41, 5.74) is 9.88. The minimum atomic E-state index is -0.725. The summed E-state index contributed by atoms with van der Waals surface area (Å²) in [5.74, 6) is 0.575. The van der Waals surface area contributed by atoms with Crippen LogP contribution in [0.2, 0.25) is 0 Å². The smallest absolute Gasteiger partial charge is 0.217 e. The Bertz CT molecular complexity index is 1030. The van der Waals surface area contributed by atoms with Crippen LogP contribution < -0.4 is 16.4 Å². The van der Waals surface area contributed by atoms with Crippen LogP contribution in [0.5, 0.6) is 0 Å². The van der Waals surface area contributed by atoms with E-state index >= 15 is 0 Å². The number of allylic oxidation sites excluding steroid dienone is 3. The largest absolute Gasteiger partial charge is 0.489 e. The maximum Gasteiger partial charge on any atom is 0.217 e. The maximum absolute atomic E-state index is 11.2. The fourth-order valence-corrected chi connectivity index (χ4v) is 4.10. The topological polar surface area (TPSA) is 85.6 Å². The van der Waals surface area contributed by atoms with Crippen LogP contribution in [0.25, 0.3) is 0 Å². The first kappa shape index (κ1) is 24.1. The first-order valence-corrected chi connectivity index (χ1v) is 11.1. The van der Waals surface area contributed by atoms with Crippen molar-refractivity contribution in [3.63, 3.8) is 0 Å². The van der Waals surface area contributed by atoms with Gasteiger partial charge >= 0.3 is 0 Å². The number of benzene rings is 1. The van der Waals surface area contributed by atoms with E-state index in [1.807, 2.05) is 49.4 Å². The molecule has 0 saturated heterocycles. The summed E-state index contributed by atoms with van der Waals surface area (Å²) in [6.07, 6.45) is 12.1. The lowest BCUT2D eigenvalue weighted by Gasteiger charge is -2.33. The van der Waals surface area contributed by atoms with Gasteiger partial charge in [0.25, 0.3) is 0 Å².